The average molecular weight is 726 g/mol. The molecule has 0 aliphatic rings. The van der Waals surface area contributed by atoms with Crippen molar-refractivity contribution in [3.8, 4) is 55.6 Å². The Morgan fingerprint density at radius 3 is 0.930 bits per heavy atom. The zero-order valence-corrected chi connectivity index (χ0v) is 31.5. The smallest absolute Gasteiger partial charge is 0.0462 e. The third-order valence-electron chi connectivity index (χ3n) is 11.1. The average Bonchev–Trinajstić information content (AvgIpc) is 3.30. The van der Waals surface area contributed by atoms with Crippen molar-refractivity contribution < 1.29 is 0 Å². The number of hydrogen-bond donors (Lipinski definition) is 0. The number of hydrogen-bond acceptors (Lipinski definition) is 1. The summed E-state index contributed by atoms with van der Waals surface area (Å²) < 4.78 is 0. The summed E-state index contributed by atoms with van der Waals surface area (Å²) in [4.78, 5) is 2.36. The van der Waals surface area contributed by atoms with Gasteiger partial charge in [0.15, 0.2) is 0 Å². The largest absolute Gasteiger partial charge is 0.311 e. The van der Waals surface area contributed by atoms with Crippen LogP contribution < -0.4 is 4.90 Å². The molecule has 0 unspecified atom stereocenters. The van der Waals surface area contributed by atoms with E-state index in [0.29, 0.717) is 0 Å². The quantitative estimate of drug-likeness (QED) is 0.151. The van der Waals surface area contributed by atoms with E-state index in [9.17, 15) is 0 Å². The molecule has 10 rings (SSSR count). The highest BCUT2D eigenvalue weighted by Crippen LogP contribution is 2.40. The monoisotopic (exact) mass is 725 g/mol. The molecule has 0 saturated carbocycles. The molecule has 0 heterocycles. The summed E-state index contributed by atoms with van der Waals surface area (Å²) in [6.07, 6.45) is 0. The molecule has 0 N–H and O–H groups in total. The van der Waals surface area contributed by atoms with Gasteiger partial charge in [0.1, 0.15) is 0 Å². The highest BCUT2D eigenvalue weighted by molar-refractivity contribution is 5.98. The molecule has 0 radical (unpaired) electrons. The Kier molecular flexibility index (Phi) is 8.95. The predicted molar refractivity (Wildman–Crippen MR) is 243 cm³/mol. The van der Waals surface area contributed by atoms with E-state index >= 15 is 0 Å². The Hall–Kier alpha value is -7.48. The van der Waals surface area contributed by atoms with Crippen molar-refractivity contribution in [1.82, 2.24) is 0 Å². The summed E-state index contributed by atoms with van der Waals surface area (Å²) in [7, 11) is 0. The number of benzene rings is 10. The fraction of sp³-hybridized carbons (Fsp3) is 0. The van der Waals surface area contributed by atoms with Gasteiger partial charge in [-0.15, -0.1) is 0 Å². The first kappa shape index (κ1) is 34.0. The van der Waals surface area contributed by atoms with E-state index in [1.54, 1.807) is 0 Å². The number of rotatable bonds is 8. The zero-order chi connectivity index (χ0) is 38.0. The van der Waals surface area contributed by atoms with Crippen LogP contribution in [0.3, 0.4) is 0 Å². The number of nitrogens with zero attached hydrogens (tertiary/aromatic N) is 1. The Morgan fingerprint density at radius 1 is 0.211 bits per heavy atom. The van der Waals surface area contributed by atoms with E-state index < -0.39 is 0 Å². The van der Waals surface area contributed by atoms with Crippen molar-refractivity contribution in [1.29, 1.82) is 0 Å². The maximum Gasteiger partial charge on any atom is 0.0462 e. The normalized spacial score (nSPS) is 11.2. The summed E-state index contributed by atoms with van der Waals surface area (Å²) in [6, 6.07) is 85.6. The standard InChI is InChI=1S/C56H39N/c1-3-13-40(14-4-1)47-37-48(41-15-5-2-6-16-41)39-49(38-47)42-25-31-50(32-26-42)57(51-33-27-45(28-34-51)55-23-11-19-43-17-7-9-21-53(43)55)52-35-29-46(30-36-52)56-24-12-20-44-18-8-10-22-54(44)56/h1-39H. The fourth-order valence-electron chi connectivity index (χ4n) is 8.17. The Balaban J connectivity index is 1.05. The minimum absolute atomic E-state index is 1.09. The van der Waals surface area contributed by atoms with Crippen LogP contribution in [0.4, 0.5) is 17.1 Å². The lowest BCUT2D eigenvalue weighted by atomic mass is 9.93. The predicted octanol–water partition coefficient (Wildman–Crippen LogP) is 15.8. The molecule has 0 saturated heterocycles. The molecule has 0 bridgehead atoms. The lowest BCUT2D eigenvalue weighted by Gasteiger charge is -2.26. The van der Waals surface area contributed by atoms with E-state index in [2.05, 4.69) is 241 Å². The Bertz CT molecular complexity index is 2770. The van der Waals surface area contributed by atoms with E-state index in [4.69, 9.17) is 0 Å². The molecule has 0 aliphatic heterocycles. The molecule has 0 fully saturated rings. The van der Waals surface area contributed by atoms with E-state index in [1.807, 2.05) is 0 Å². The maximum atomic E-state index is 2.36. The molecule has 0 atom stereocenters. The van der Waals surface area contributed by atoms with Crippen LogP contribution in [-0.4, -0.2) is 0 Å². The molecular formula is C56H39N. The third-order valence-corrected chi connectivity index (χ3v) is 11.1. The fourth-order valence-corrected chi connectivity index (χ4v) is 8.17. The summed E-state index contributed by atoms with van der Waals surface area (Å²) in [5, 5.41) is 5.02. The lowest BCUT2D eigenvalue weighted by Crippen LogP contribution is -2.09. The molecule has 268 valence electrons. The third kappa shape index (κ3) is 6.77. The highest BCUT2D eigenvalue weighted by atomic mass is 15.1. The summed E-state index contributed by atoms with van der Waals surface area (Å²) in [5.41, 5.74) is 15.3. The molecule has 10 aromatic carbocycles. The molecule has 0 spiro atoms. The molecular weight excluding hydrogens is 687 g/mol. The first-order chi connectivity index (χ1) is 28.2. The summed E-state index contributed by atoms with van der Waals surface area (Å²) >= 11 is 0. The van der Waals surface area contributed by atoms with Crippen LogP contribution in [0.25, 0.3) is 77.2 Å². The van der Waals surface area contributed by atoms with Crippen LogP contribution in [0.15, 0.2) is 237 Å². The Morgan fingerprint density at radius 2 is 0.526 bits per heavy atom. The minimum Gasteiger partial charge on any atom is -0.311 e. The molecule has 1 nitrogen and oxygen atoms in total. The number of anilines is 3. The van der Waals surface area contributed by atoms with Gasteiger partial charge in [0.25, 0.3) is 0 Å². The zero-order valence-electron chi connectivity index (χ0n) is 31.5. The van der Waals surface area contributed by atoms with Crippen LogP contribution in [0, 0.1) is 0 Å². The second-order valence-electron chi connectivity index (χ2n) is 14.6. The van der Waals surface area contributed by atoms with Gasteiger partial charge in [0.2, 0.25) is 0 Å². The van der Waals surface area contributed by atoms with Crippen LogP contribution in [0.5, 0.6) is 0 Å². The van der Waals surface area contributed by atoms with Gasteiger partial charge in [-0.3, -0.25) is 0 Å². The molecule has 0 amide bonds. The second-order valence-corrected chi connectivity index (χ2v) is 14.6. The first-order valence-electron chi connectivity index (χ1n) is 19.6. The van der Waals surface area contributed by atoms with Crippen molar-refractivity contribution in [2.45, 2.75) is 0 Å². The van der Waals surface area contributed by atoms with Crippen LogP contribution in [0.2, 0.25) is 0 Å². The molecule has 0 aliphatic carbocycles. The first-order valence-corrected chi connectivity index (χ1v) is 19.6. The van der Waals surface area contributed by atoms with Gasteiger partial charge >= 0.3 is 0 Å². The second kappa shape index (κ2) is 15.0. The van der Waals surface area contributed by atoms with E-state index in [0.717, 1.165) is 17.1 Å². The van der Waals surface area contributed by atoms with Crippen molar-refractivity contribution >= 4 is 38.6 Å². The number of fused-ring (bicyclic) bond motifs is 2. The van der Waals surface area contributed by atoms with Crippen molar-refractivity contribution in [3.63, 3.8) is 0 Å². The van der Waals surface area contributed by atoms with Crippen LogP contribution >= 0.6 is 0 Å². The maximum absolute atomic E-state index is 2.36. The SMILES string of the molecule is c1ccc(-c2cc(-c3ccccc3)cc(-c3ccc(N(c4ccc(-c5cccc6ccccc56)cc4)c4ccc(-c5cccc6ccccc56)cc4)cc3)c2)cc1. The van der Waals surface area contributed by atoms with Crippen molar-refractivity contribution in [3.05, 3.63) is 237 Å². The van der Waals surface area contributed by atoms with Gasteiger partial charge in [-0.05, 0) is 132 Å². The van der Waals surface area contributed by atoms with Crippen molar-refractivity contribution in [2.24, 2.45) is 0 Å². The molecule has 0 aromatic heterocycles. The van der Waals surface area contributed by atoms with Gasteiger partial charge < -0.3 is 4.90 Å². The van der Waals surface area contributed by atoms with E-state index in [-0.39, 0.29) is 0 Å². The van der Waals surface area contributed by atoms with E-state index in [1.165, 1.54) is 77.2 Å². The van der Waals surface area contributed by atoms with Crippen molar-refractivity contribution in [2.75, 3.05) is 4.90 Å². The Labute approximate surface area is 334 Å². The summed E-state index contributed by atoms with van der Waals surface area (Å²) in [5.74, 6) is 0. The van der Waals surface area contributed by atoms with Gasteiger partial charge in [0, 0.05) is 17.1 Å². The molecule has 10 aromatic rings. The topological polar surface area (TPSA) is 3.24 Å². The molecule has 1 heteroatoms. The van der Waals surface area contributed by atoms with Gasteiger partial charge in [0.05, 0.1) is 0 Å². The van der Waals surface area contributed by atoms with Crippen LogP contribution in [-0.2, 0) is 0 Å². The summed E-state index contributed by atoms with van der Waals surface area (Å²) in [6.45, 7) is 0. The molecule has 57 heavy (non-hydrogen) atoms. The minimum atomic E-state index is 1.09. The highest BCUT2D eigenvalue weighted by Gasteiger charge is 2.16. The van der Waals surface area contributed by atoms with Gasteiger partial charge in [-0.2, -0.15) is 0 Å². The van der Waals surface area contributed by atoms with Gasteiger partial charge in [-0.1, -0.05) is 182 Å². The lowest BCUT2D eigenvalue weighted by molar-refractivity contribution is 1.28. The van der Waals surface area contributed by atoms with Crippen LogP contribution in [0.1, 0.15) is 0 Å². The van der Waals surface area contributed by atoms with Gasteiger partial charge in [-0.25, -0.2) is 0 Å².